The monoisotopic (exact) mass is 161 g/mol. The molecule has 0 bridgehead atoms. The Hall–Kier alpha value is -0.240. The number of nitrogens with zero attached hydrogens (tertiary/aromatic N) is 1. The molecule has 0 amide bonds. The first-order valence-corrected chi connectivity index (χ1v) is 4.03. The molecule has 1 atom stereocenters. The number of rotatable bonds is 2. The van der Waals surface area contributed by atoms with Gasteiger partial charge in [-0.2, -0.15) is 0 Å². The first kappa shape index (κ1) is 7.86. The summed E-state index contributed by atoms with van der Waals surface area (Å²) in [5.41, 5.74) is 0. The van der Waals surface area contributed by atoms with Gasteiger partial charge in [0.15, 0.2) is 5.90 Å². The summed E-state index contributed by atoms with van der Waals surface area (Å²) in [5, 5.41) is 0. The molecule has 0 spiro atoms. The van der Waals surface area contributed by atoms with Crippen molar-refractivity contribution >= 4 is 17.5 Å². The summed E-state index contributed by atoms with van der Waals surface area (Å²) < 4.78 is 5.19. The largest absolute Gasteiger partial charge is 0.478 e. The Morgan fingerprint density at radius 2 is 2.50 bits per heavy atom. The minimum Gasteiger partial charge on any atom is -0.478 e. The van der Waals surface area contributed by atoms with Crippen molar-refractivity contribution in [1.29, 1.82) is 0 Å². The standard InChI is InChI=1S/C7H12ClNO/c1-5(2)6-4-10-7(3-8)9-6/h5-6H,3-4H2,1-2H3/t6-/m0/s1. The lowest BCUT2D eigenvalue weighted by Gasteiger charge is -2.06. The average molecular weight is 162 g/mol. The molecule has 10 heavy (non-hydrogen) atoms. The van der Waals surface area contributed by atoms with Gasteiger partial charge in [-0.3, -0.25) is 0 Å². The number of halogens is 1. The van der Waals surface area contributed by atoms with E-state index < -0.39 is 0 Å². The molecule has 1 aliphatic heterocycles. The molecule has 1 aliphatic rings. The van der Waals surface area contributed by atoms with E-state index in [1.807, 2.05) is 0 Å². The Kier molecular flexibility index (Phi) is 2.55. The molecule has 0 saturated heterocycles. The molecule has 58 valence electrons. The van der Waals surface area contributed by atoms with E-state index in [2.05, 4.69) is 18.8 Å². The first-order valence-electron chi connectivity index (χ1n) is 3.49. The first-order chi connectivity index (χ1) is 4.74. The average Bonchev–Trinajstić information content (AvgIpc) is 2.34. The van der Waals surface area contributed by atoms with Gasteiger partial charge in [0.1, 0.15) is 6.61 Å². The maximum absolute atomic E-state index is 5.52. The van der Waals surface area contributed by atoms with Gasteiger partial charge in [-0.25, -0.2) is 4.99 Å². The van der Waals surface area contributed by atoms with Gasteiger partial charge in [-0.05, 0) is 5.92 Å². The minimum atomic E-state index is 0.328. The Labute approximate surface area is 66.2 Å². The predicted molar refractivity (Wildman–Crippen MR) is 42.7 cm³/mol. The van der Waals surface area contributed by atoms with E-state index in [0.717, 1.165) is 0 Å². The normalized spacial score (nSPS) is 24.8. The zero-order chi connectivity index (χ0) is 7.56. The van der Waals surface area contributed by atoms with Crippen LogP contribution in [0.1, 0.15) is 13.8 Å². The molecule has 0 N–H and O–H groups in total. The van der Waals surface area contributed by atoms with E-state index in [4.69, 9.17) is 16.3 Å². The van der Waals surface area contributed by atoms with Crippen LogP contribution >= 0.6 is 11.6 Å². The third-order valence-electron chi connectivity index (χ3n) is 1.61. The maximum atomic E-state index is 5.52. The van der Waals surface area contributed by atoms with Crippen LogP contribution in [-0.4, -0.2) is 24.4 Å². The van der Waals surface area contributed by atoms with Crippen LogP contribution in [0.15, 0.2) is 4.99 Å². The third kappa shape index (κ3) is 1.63. The molecular weight excluding hydrogens is 150 g/mol. The zero-order valence-corrected chi connectivity index (χ0v) is 7.06. The lowest BCUT2D eigenvalue weighted by atomic mass is 10.1. The molecule has 0 aromatic rings. The summed E-state index contributed by atoms with van der Waals surface area (Å²) in [6.45, 7) is 4.98. The van der Waals surface area contributed by atoms with Crippen LogP contribution in [0.2, 0.25) is 0 Å². The topological polar surface area (TPSA) is 21.6 Å². The Bertz CT molecular complexity index is 145. The van der Waals surface area contributed by atoms with Crippen LogP contribution in [0.3, 0.4) is 0 Å². The molecule has 0 saturated carbocycles. The van der Waals surface area contributed by atoms with Gasteiger partial charge in [-0.15, -0.1) is 11.6 Å². The van der Waals surface area contributed by atoms with Gasteiger partial charge in [0.2, 0.25) is 0 Å². The van der Waals surface area contributed by atoms with E-state index >= 15 is 0 Å². The SMILES string of the molecule is CC(C)[C@@H]1COC(CCl)=N1. The molecule has 0 fully saturated rings. The third-order valence-corrected chi connectivity index (χ3v) is 1.84. The van der Waals surface area contributed by atoms with Crippen molar-refractivity contribution in [3.8, 4) is 0 Å². The van der Waals surface area contributed by atoms with Crippen LogP contribution in [0.25, 0.3) is 0 Å². The van der Waals surface area contributed by atoms with Crippen LogP contribution in [-0.2, 0) is 4.74 Å². The highest BCUT2D eigenvalue weighted by Gasteiger charge is 2.20. The molecule has 0 unspecified atom stereocenters. The quantitative estimate of drug-likeness (QED) is 0.565. The van der Waals surface area contributed by atoms with Crippen molar-refractivity contribution in [3.63, 3.8) is 0 Å². The van der Waals surface area contributed by atoms with Crippen molar-refractivity contribution in [2.24, 2.45) is 10.9 Å². The lowest BCUT2D eigenvalue weighted by Crippen LogP contribution is -2.13. The van der Waals surface area contributed by atoms with E-state index in [1.54, 1.807) is 0 Å². The molecule has 0 aromatic heterocycles. The second-order valence-electron chi connectivity index (χ2n) is 2.78. The van der Waals surface area contributed by atoms with E-state index in [0.29, 0.717) is 30.3 Å². The summed E-state index contributed by atoms with van der Waals surface area (Å²) in [7, 11) is 0. The fraction of sp³-hybridized carbons (Fsp3) is 0.857. The van der Waals surface area contributed by atoms with Gasteiger partial charge in [0, 0.05) is 0 Å². The van der Waals surface area contributed by atoms with Crippen molar-refractivity contribution in [1.82, 2.24) is 0 Å². The van der Waals surface area contributed by atoms with E-state index in [1.165, 1.54) is 0 Å². The summed E-state index contributed by atoms with van der Waals surface area (Å²) in [6, 6.07) is 0.328. The lowest BCUT2D eigenvalue weighted by molar-refractivity contribution is 0.290. The molecule has 1 heterocycles. The Morgan fingerprint density at radius 1 is 1.80 bits per heavy atom. The van der Waals surface area contributed by atoms with E-state index in [9.17, 15) is 0 Å². The molecule has 0 radical (unpaired) electrons. The molecule has 3 heteroatoms. The highest BCUT2D eigenvalue weighted by molar-refractivity contribution is 6.27. The van der Waals surface area contributed by atoms with Gasteiger partial charge in [0.25, 0.3) is 0 Å². The van der Waals surface area contributed by atoms with Crippen LogP contribution in [0.4, 0.5) is 0 Å². The van der Waals surface area contributed by atoms with Crippen molar-refractivity contribution in [2.75, 3.05) is 12.5 Å². The fourth-order valence-corrected chi connectivity index (χ4v) is 1.00. The van der Waals surface area contributed by atoms with Crippen LogP contribution in [0.5, 0.6) is 0 Å². The summed E-state index contributed by atoms with van der Waals surface area (Å²) in [6.07, 6.45) is 0. The predicted octanol–water partition coefficient (Wildman–Crippen LogP) is 1.68. The molecular formula is C7H12ClNO. The summed E-state index contributed by atoms with van der Waals surface area (Å²) in [4.78, 5) is 4.27. The minimum absolute atomic E-state index is 0.328. The highest BCUT2D eigenvalue weighted by Crippen LogP contribution is 2.13. The number of ether oxygens (including phenoxy) is 1. The van der Waals surface area contributed by atoms with Crippen LogP contribution in [0, 0.1) is 5.92 Å². The number of hydrogen-bond donors (Lipinski definition) is 0. The summed E-state index contributed by atoms with van der Waals surface area (Å²) >= 11 is 5.52. The van der Waals surface area contributed by atoms with Crippen molar-refractivity contribution in [2.45, 2.75) is 19.9 Å². The molecule has 1 rings (SSSR count). The Morgan fingerprint density at radius 3 is 2.80 bits per heavy atom. The van der Waals surface area contributed by atoms with Crippen molar-refractivity contribution < 1.29 is 4.74 Å². The number of hydrogen-bond acceptors (Lipinski definition) is 2. The summed E-state index contributed by atoms with van der Waals surface area (Å²) in [5.74, 6) is 1.66. The van der Waals surface area contributed by atoms with Crippen molar-refractivity contribution in [3.05, 3.63) is 0 Å². The zero-order valence-electron chi connectivity index (χ0n) is 6.30. The van der Waals surface area contributed by atoms with Gasteiger partial charge in [-0.1, -0.05) is 13.8 Å². The smallest absolute Gasteiger partial charge is 0.199 e. The fourth-order valence-electron chi connectivity index (χ4n) is 0.856. The molecule has 2 nitrogen and oxygen atoms in total. The molecule has 0 aromatic carbocycles. The van der Waals surface area contributed by atoms with Gasteiger partial charge < -0.3 is 4.74 Å². The Balaban J connectivity index is 2.47. The molecule has 0 aliphatic carbocycles. The van der Waals surface area contributed by atoms with E-state index in [-0.39, 0.29) is 0 Å². The van der Waals surface area contributed by atoms with Gasteiger partial charge in [0.05, 0.1) is 11.9 Å². The highest BCUT2D eigenvalue weighted by atomic mass is 35.5. The second-order valence-corrected chi connectivity index (χ2v) is 3.05. The second kappa shape index (κ2) is 3.24. The maximum Gasteiger partial charge on any atom is 0.199 e. The van der Waals surface area contributed by atoms with Crippen LogP contribution < -0.4 is 0 Å². The number of aliphatic imine (C=N–C) groups is 1. The number of alkyl halides is 1. The van der Waals surface area contributed by atoms with Gasteiger partial charge >= 0.3 is 0 Å².